The lowest BCUT2D eigenvalue weighted by Crippen LogP contribution is -2.25. The Bertz CT molecular complexity index is 720. The maximum Gasteiger partial charge on any atom is 0.261 e. The van der Waals surface area contributed by atoms with E-state index in [0.29, 0.717) is 17.5 Å². The molecular formula is C15H17FN2O2. The molecule has 20 heavy (non-hydrogen) atoms. The van der Waals surface area contributed by atoms with E-state index in [2.05, 4.69) is 0 Å². The van der Waals surface area contributed by atoms with E-state index in [1.807, 2.05) is 13.8 Å². The Morgan fingerprint density at radius 1 is 1.40 bits per heavy atom. The van der Waals surface area contributed by atoms with Gasteiger partial charge in [0.1, 0.15) is 5.82 Å². The number of pyridine rings is 1. The van der Waals surface area contributed by atoms with Gasteiger partial charge in [-0.05, 0) is 22.9 Å². The molecule has 1 aromatic heterocycles. The lowest BCUT2D eigenvalue weighted by Gasteiger charge is -2.13. The summed E-state index contributed by atoms with van der Waals surface area (Å²) in [5, 5.41) is 0.473. The van der Waals surface area contributed by atoms with Gasteiger partial charge in [-0.2, -0.15) is 0 Å². The molecule has 0 unspecified atom stereocenters. The fourth-order valence-corrected chi connectivity index (χ4v) is 2.33. The molecule has 1 amide bonds. The Morgan fingerprint density at radius 2 is 2.10 bits per heavy atom. The van der Waals surface area contributed by atoms with Gasteiger partial charge >= 0.3 is 0 Å². The van der Waals surface area contributed by atoms with E-state index in [-0.39, 0.29) is 23.3 Å². The molecule has 0 radical (unpaired) electrons. The minimum atomic E-state index is -0.573. The zero-order chi connectivity index (χ0) is 14.9. The lowest BCUT2D eigenvalue weighted by molar-refractivity contribution is -0.117. The van der Waals surface area contributed by atoms with E-state index < -0.39 is 11.7 Å². The number of benzene rings is 1. The standard InChI is InChI=1S/C15H17FN2O2/c1-9(2)7-18-8-10(6-13(17)19)11-4-3-5-12(16)14(11)15(18)20/h3-5,8-9H,6-7H2,1-2H3,(H2,17,19). The van der Waals surface area contributed by atoms with Crippen LogP contribution in [-0.4, -0.2) is 10.5 Å². The number of amides is 1. The maximum absolute atomic E-state index is 14.0. The van der Waals surface area contributed by atoms with E-state index in [4.69, 9.17) is 5.73 Å². The first-order chi connectivity index (χ1) is 9.40. The second-order valence-electron chi connectivity index (χ2n) is 5.31. The highest BCUT2D eigenvalue weighted by molar-refractivity contribution is 5.89. The van der Waals surface area contributed by atoms with Crippen molar-refractivity contribution >= 4 is 16.7 Å². The van der Waals surface area contributed by atoms with Crippen LogP contribution in [0.15, 0.2) is 29.2 Å². The van der Waals surface area contributed by atoms with Gasteiger partial charge in [0.25, 0.3) is 5.56 Å². The molecule has 106 valence electrons. The second kappa shape index (κ2) is 5.45. The Kier molecular flexibility index (Phi) is 3.88. The van der Waals surface area contributed by atoms with E-state index >= 15 is 0 Å². The first-order valence-corrected chi connectivity index (χ1v) is 6.49. The largest absolute Gasteiger partial charge is 0.369 e. The van der Waals surface area contributed by atoms with E-state index in [0.717, 1.165) is 0 Å². The minimum absolute atomic E-state index is 0.0155. The third-order valence-electron chi connectivity index (χ3n) is 3.07. The summed E-state index contributed by atoms with van der Waals surface area (Å²) < 4.78 is 15.4. The van der Waals surface area contributed by atoms with Crippen LogP contribution >= 0.6 is 0 Å². The van der Waals surface area contributed by atoms with Gasteiger partial charge < -0.3 is 10.3 Å². The molecule has 0 atom stereocenters. The summed E-state index contributed by atoms with van der Waals surface area (Å²) in [6.07, 6.45) is 1.59. The molecule has 1 heterocycles. The molecule has 5 heteroatoms. The van der Waals surface area contributed by atoms with Gasteiger partial charge in [-0.1, -0.05) is 26.0 Å². The Balaban J connectivity index is 2.77. The topological polar surface area (TPSA) is 65.1 Å². The van der Waals surface area contributed by atoms with Crippen molar-refractivity contribution < 1.29 is 9.18 Å². The number of nitrogens with zero attached hydrogens (tertiary/aromatic N) is 1. The number of primary amides is 1. The number of rotatable bonds is 4. The Labute approximate surface area is 116 Å². The van der Waals surface area contributed by atoms with Crippen LogP contribution in [0.2, 0.25) is 0 Å². The summed E-state index contributed by atoms with van der Waals surface area (Å²) in [6, 6.07) is 4.41. The van der Waals surface area contributed by atoms with Crippen molar-refractivity contribution in [2.45, 2.75) is 26.8 Å². The molecule has 1 aromatic carbocycles. The number of aromatic nitrogens is 1. The van der Waals surface area contributed by atoms with Crippen molar-refractivity contribution in [3.05, 3.63) is 46.1 Å². The highest BCUT2D eigenvalue weighted by atomic mass is 19.1. The molecular weight excluding hydrogens is 259 g/mol. The van der Waals surface area contributed by atoms with Crippen LogP contribution in [0.4, 0.5) is 4.39 Å². The SMILES string of the molecule is CC(C)Cn1cc(CC(N)=O)c2cccc(F)c2c1=O. The van der Waals surface area contributed by atoms with E-state index in [1.165, 1.54) is 16.7 Å². The number of carbonyl (C=O) groups excluding carboxylic acids is 1. The summed E-state index contributed by atoms with van der Waals surface area (Å²) in [6.45, 7) is 4.40. The third kappa shape index (κ3) is 2.71. The van der Waals surface area contributed by atoms with E-state index in [1.54, 1.807) is 12.3 Å². The zero-order valence-corrected chi connectivity index (χ0v) is 11.5. The molecule has 4 nitrogen and oxygen atoms in total. The predicted octanol–water partition coefficient (Wildman–Crippen LogP) is 1.82. The lowest BCUT2D eigenvalue weighted by atomic mass is 10.0. The first kappa shape index (κ1) is 14.2. The highest BCUT2D eigenvalue weighted by Gasteiger charge is 2.14. The van der Waals surface area contributed by atoms with Crippen LogP contribution in [0, 0.1) is 11.7 Å². The number of halogens is 1. The van der Waals surface area contributed by atoms with Gasteiger partial charge in [0, 0.05) is 12.7 Å². The highest BCUT2D eigenvalue weighted by Crippen LogP contribution is 2.19. The van der Waals surface area contributed by atoms with Crippen LogP contribution in [0.1, 0.15) is 19.4 Å². The second-order valence-corrected chi connectivity index (χ2v) is 5.31. The van der Waals surface area contributed by atoms with E-state index in [9.17, 15) is 14.0 Å². The summed E-state index contributed by atoms with van der Waals surface area (Å²) >= 11 is 0. The monoisotopic (exact) mass is 276 g/mol. The van der Waals surface area contributed by atoms with Crippen molar-refractivity contribution in [2.24, 2.45) is 11.7 Å². The molecule has 0 saturated carbocycles. The number of hydrogen-bond acceptors (Lipinski definition) is 2. The Hall–Kier alpha value is -2.17. The minimum Gasteiger partial charge on any atom is -0.369 e. The number of nitrogens with two attached hydrogens (primary N) is 1. The van der Waals surface area contributed by atoms with Crippen molar-refractivity contribution in [2.75, 3.05) is 0 Å². The fraction of sp³-hybridized carbons (Fsp3) is 0.333. The average Bonchev–Trinajstić information content (AvgIpc) is 2.33. The third-order valence-corrected chi connectivity index (χ3v) is 3.07. The summed E-state index contributed by atoms with van der Waals surface area (Å²) in [4.78, 5) is 23.5. The summed E-state index contributed by atoms with van der Waals surface area (Å²) in [5.41, 5.74) is 5.42. The quantitative estimate of drug-likeness (QED) is 0.925. The van der Waals surface area contributed by atoms with Crippen LogP contribution in [0.25, 0.3) is 10.8 Å². The number of hydrogen-bond donors (Lipinski definition) is 1. The van der Waals surface area contributed by atoms with Crippen molar-refractivity contribution in [1.29, 1.82) is 0 Å². The summed E-state index contributed by atoms with van der Waals surface area (Å²) in [5.74, 6) is -0.847. The Morgan fingerprint density at radius 3 is 2.70 bits per heavy atom. The molecule has 0 aliphatic carbocycles. The van der Waals surface area contributed by atoms with Gasteiger partial charge in [0.15, 0.2) is 0 Å². The molecule has 0 bridgehead atoms. The van der Waals surface area contributed by atoms with Crippen LogP contribution < -0.4 is 11.3 Å². The predicted molar refractivity (Wildman–Crippen MR) is 75.9 cm³/mol. The smallest absolute Gasteiger partial charge is 0.261 e. The zero-order valence-electron chi connectivity index (χ0n) is 11.5. The van der Waals surface area contributed by atoms with Gasteiger partial charge in [-0.15, -0.1) is 0 Å². The van der Waals surface area contributed by atoms with Crippen LogP contribution in [0.3, 0.4) is 0 Å². The van der Waals surface area contributed by atoms with Gasteiger partial charge in [-0.3, -0.25) is 9.59 Å². The average molecular weight is 276 g/mol. The summed E-state index contributed by atoms with van der Waals surface area (Å²) in [7, 11) is 0. The van der Waals surface area contributed by atoms with Crippen LogP contribution in [0.5, 0.6) is 0 Å². The molecule has 2 N–H and O–H groups in total. The molecule has 2 rings (SSSR count). The maximum atomic E-state index is 14.0. The first-order valence-electron chi connectivity index (χ1n) is 6.49. The van der Waals surface area contributed by atoms with Crippen molar-refractivity contribution in [1.82, 2.24) is 4.57 Å². The normalized spacial score (nSPS) is 11.2. The van der Waals surface area contributed by atoms with Crippen molar-refractivity contribution in [3.63, 3.8) is 0 Å². The molecule has 2 aromatic rings. The molecule has 0 fully saturated rings. The van der Waals surface area contributed by atoms with Crippen LogP contribution in [-0.2, 0) is 17.8 Å². The van der Waals surface area contributed by atoms with Gasteiger partial charge in [-0.25, -0.2) is 4.39 Å². The van der Waals surface area contributed by atoms with Gasteiger partial charge in [0.05, 0.1) is 11.8 Å². The number of fused-ring (bicyclic) bond motifs is 1. The molecule has 0 aliphatic heterocycles. The molecule has 0 saturated heterocycles. The van der Waals surface area contributed by atoms with Gasteiger partial charge in [0.2, 0.25) is 5.91 Å². The fourth-order valence-electron chi connectivity index (χ4n) is 2.33. The molecule has 0 spiro atoms. The number of carbonyl (C=O) groups is 1. The molecule has 0 aliphatic rings. The van der Waals surface area contributed by atoms with Crippen molar-refractivity contribution in [3.8, 4) is 0 Å².